The number of nitrogens with two attached hydrogens (primary N) is 2. The van der Waals surface area contributed by atoms with Crippen molar-refractivity contribution in [3.8, 4) is 0 Å². The molecule has 143 valence electrons. The van der Waals surface area contributed by atoms with E-state index in [4.69, 9.17) is 34.1 Å². The molecule has 0 saturated heterocycles. The Kier molecular flexibility index (Phi) is 66.1. The van der Waals surface area contributed by atoms with Gasteiger partial charge in [0.2, 0.25) is 0 Å². The third-order valence-corrected chi connectivity index (χ3v) is 1.29. The van der Waals surface area contributed by atoms with Gasteiger partial charge in [-0.3, -0.25) is 13.9 Å². The summed E-state index contributed by atoms with van der Waals surface area (Å²) < 4.78 is 31.6. The van der Waals surface area contributed by atoms with Gasteiger partial charge >= 0.3 is 16.4 Å². The fraction of sp³-hybridized carbons (Fsp3) is 0.833. The molecule has 0 unspecified atom stereocenters. The van der Waals surface area contributed by atoms with E-state index in [1.807, 2.05) is 0 Å². The molecule has 0 bridgehead atoms. The van der Waals surface area contributed by atoms with Crippen LogP contribution in [0.3, 0.4) is 0 Å². The maximum absolute atomic E-state index is 10.1. The second-order valence-corrected chi connectivity index (χ2v) is 3.57. The summed E-state index contributed by atoms with van der Waals surface area (Å²) in [6.45, 7) is 0.604. The molecule has 0 spiro atoms. The van der Waals surface area contributed by atoms with Crippen LogP contribution in [0, 0.1) is 0 Å². The predicted octanol–water partition coefficient (Wildman–Crippen LogP) is -5.25. The molecule has 0 aromatic rings. The Labute approximate surface area is 132 Å². The van der Waals surface area contributed by atoms with Crippen LogP contribution in [0.1, 0.15) is 19.3 Å². The molecule has 0 saturated carbocycles. The minimum atomic E-state index is -4.67. The van der Waals surface area contributed by atoms with Crippen molar-refractivity contribution < 1.29 is 71.9 Å². The number of hydrogen-bond acceptors (Lipinski definition) is 5. The molecule has 15 heteroatoms. The van der Waals surface area contributed by atoms with Gasteiger partial charge in [-0.25, -0.2) is 0 Å². The Balaban J connectivity index is -0.0000000231. The minimum absolute atomic E-state index is 0. The second-order valence-electron chi connectivity index (χ2n) is 2.68. The Hall–Kier alpha value is -0.421. The maximum Gasteiger partial charge on any atom is 0.394 e. The van der Waals surface area contributed by atoms with E-state index >= 15 is 0 Å². The molecule has 0 amide bonds. The number of rotatable bonds is 5. The molecule has 0 fully saturated rings. The number of hydrogen-bond donors (Lipinski definition) is 5. The second kappa shape index (κ2) is 27.8. The summed E-state index contributed by atoms with van der Waals surface area (Å²) in [7, 11) is -4.67. The van der Waals surface area contributed by atoms with E-state index in [0.717, 1.165) is 12.8 Å². The molecule has 1 atom stereocenters. The molecule has 21 heavy (non-hydrogen) atoms. The summed E-state index contributed by atoms with van der Waals surface area (Å²) in [4.78, 5) is 10.1. The predicted molar refractivity (Wildman–Crippen MR) is 70.8 cm³/mol. The van der Waals surface area contributed by atoms with Crippen molar-refractivity contribution in [1.82, 2.24) is 0 Å². The van der Waals surface area contributed by atoms with E-state index in [2.05, 4.69) is 0 Å². The minimum Gasteiger partial charge on any atom is -0.480 e. The summed E-state index contributed by atoms with van der Waals surface area (Å²) in [5.74, 6) is -0.933. The first-order valence-corrected chi connectivity index (χ1v) is 5.46. The first-order chi connectivity index (χ1) is 6.68. The molecule has 0 rings (SSSR count). The van der Waals surface area contributed by atoms with Gasteiger partial charge in [0, 0.05) is 17.1 Å². The molecule has 0 heterocycles. The largest absolute Gasteiger partial charge is 0.480 e. The van der Waals surface area contributed by atoms with Gasteiger partial charge < -0.3 is 44.0 Å². The molecule has 0 aromatic carbocycles. The van der Waals surface area contributed by atoms with Gasteiger partial charge in [0.1, 0.15) is 6.04 Å². The Morgan fingerprint density at radius 3 is 1.48 bits per heavy atom. The molecular formula is C6H26CuN2O11S. The molecule has 0 aliphatic rings. The van der Waals surface area contributed by atoms with Crippen LogP contribution in [0.15, 0.2) is 0 Å². The van der Waals surface area contributed by atoms with Gasteiger partial charge in [-0.05, 0) is 19.4 Å². The molecule has 13 nitrogen and oxygen atoms in total. The zero-order valence-corrected chi connectivity index (χ0v) is 12.6. The third-order valence-electron chi connectivity index (χ3n) is 1.29. The quantitative estimate of drug-likeness (QED) is 0.169. The van der Waals surface area contributed by atoms with Gasteiger partial charge in [-0.1, -0.05) is 6.42 Å². The summed E-state index contributed by atoms with van der Waals surface area (Å²) in [5, 5.41) is 8.33. The normalized spacial score (nSPS) is 8.95. The van der Waals surface area contributed by atoms with Crippen LogP contribution in [0.2, 0.25) is 0 Å². The number of carboxylic acids is 1. The van der Waals surface area contributed by atoms with Gasteiger partial charge in [0.05, 0.1) is 0 Å². The van der Waals surface area contributed by atoms with Gasteiger partial charge in [0.25, 0.3) is 0 Å². The summed E-state index contributed by atoms with van der Waals surface area (Å²) >= 11 is 0. The van der Waals surface area contributed by atoms with E-state index in [1.165, 1.54) is 0 Å². The number of carbonyl (C=O) groups is 1. The van der Waals surface area contributed by atoms with Crippen LogP contribution in [0.5, 0.6) is 0 Å². The van der Waals surface area contributed by atoms with Gasteiger partial charge in [-0.15, -0.1) is 0 Å². The summed E-state index contributed by atoms with van der Waals surface area (Å²) in [5.41, 5.74) is 10.4. The molecular weight excluding hydrogens is 372 g/mol. The smallest absolute Gasteiger partial charge is 0.394 e. The average molecular weight is 398 g/mol. The molecule has 1 radical (unpaired) electrons. The van der Waals surface area contributed by atoms with Crippen molar-refractivity contribution in [2.24, 2.45) is 11.5 Å². The van der Waals surface area contributed by atoms with Crippen LogP contribution >= 0.6 is 0 Å². The van der Waals surface area contributed by atoms with E-state index in [-0.39, 0.29) is 44.4 Å². The topological polar surface area (TPSA) is 321 Å². The Bertz CT molecular complexity index is 268. The Morgan fingerprint density at radius 2 is 1.29 bits per heavy atom. The zero-order chi connectivity index (χ0) is 12.5. The van der Waals surface area contributed by atoms with Crippen molar-refractivity contribution in [1.29, 1.82) is 0 Å². The summed E-state index contributed by atoms with van der Waals surface area (Å²) in [6.07, 6.45) is 2.16. The van der Waals surface area contributed by atoms with Gasteiger partial charge in [-0.2, -0.15) is 8.42 Å². The Morgan fingerprint density at radius 1 is 1.00 bits per heavy atom. The van der Waals surface area contributed by atoms with Crippen molar-refractivity contribution >= 4 is 16.4 Å². The third kappa shape index (κ3) is 82.2. The summed E-state index contributed by atoms with van der Waals surface area (Å²) in [6, 6.07) is -0.716. The first-order valence-electron chi connectivity index (χ1n) is 4.06. The SMILES string of the molecule is NCCCC[C@H](N)C(=O)O.O.O.O.O.O.O=S(=O)(O)O.[Cu]. The van der Waals surface area contributed by atoms with E-state index < -0.39 is 22.4 Å². The van der Waals surface area contributed by atoms with Crippen molar-refractivity contribution in [3.05, 3.63) is 0 Å². The number of aliphatic carboxylic acids is 1. The standard InChI is InChI=1S/C6H14N2O2.Cu.H2O4S.5H2O/c7-4-2-1-3-5(8)6(9)10;;1-5(2,3)4;;;;;/h5H,1-4,7-8H2,(H,9,10);;(H2,1,2,3,4);5*1H2/t5-;;;;;;;/m0......./s1. The maximum atomic E-state index is 10.1. The van der Waals surface area contributed by atoms with Crippen molar-refractivity contribution in [2.75, 3.05) is 6.54 Å². The number of unbranched alkanes of at least 4 members (excludes halogenated alkanes) is 1. The van der Waals surface area contributed by atoms with Crippen molar-refractivity contribution in [3.63, 3.8) is 0 Å². The van der Waals surface area contributed by atoms with Crippen molar-refractivity contribution in [2.45, 2.75) is 25.3 Å². The van der Waals surface area contributed by atoms with Crippen LogP contribution in [0.4, 0.5) is 0 Å². The molecule has 17 N–H and O–H groups in total. The van der Waals surface area contributed by atoms with Crippen LogP contribution in [0.25, 0.3) is 0 Å². The van der Waals surface area contributed by atoms with Gasteiger partial charge in [0.15, 0.2) is 0 Å². The van der Waals surface area contributed by atoms with Crippen LogP contribution in [-0.4, -0.2) is 68.6 Å². The fourth-order valence-electron chi connectivity index (χ4n) is 0.632. The van der Waals surface area contributed by atoms with Crippen LogP contribution < -0.4 is 11.5 Å². The molecule has 0 aliphatic heterocycles. The molecule has 0 aliphatic carbocycles. The van der Waals surface area contributed by atoms with E-state index in [0.29, 0.717) is 13.0 Å². The van der Waals surface area contributed by atoms with Crippen LogP contribution in [-0.2, 0) is 32.3 Å². The zero-order valence-electron chi connectivity index (χ0n) is 10.8. The molecule has 0 aromatic heterocycles. The number of carboxylic acid groups (broad SMARTS) is 1. The average Bonchev–Trinajstić information content (AvgIpc) is 2.01. The monoisotopic (exact) mass is 397 g/mol. The van der Waals surface area contributed by atoms with E-state index in [9.17, 15) is 4.79 Å². The van der Waals surface area contributed by atoms with E-state index in [1.54, 1.807) is 0 Å². The fourth-order valence-corrected chi connectivity index (χ4v) is 0.632. The first kappa shape index (κ1) is 49.9.